The molecule has 12 heavy (non-hydrogen) atoms. The molecule has 0 radical (unpaired) electrons. The normalized spacial score (nSPS) is 14.5. The highest BCUT2D eigenvalue weighted by molar-refractivity contribution is 7.98. The summed E-state index contributed by atoms with van der Waals surface area (Å²) in [5.74, 6) is -1.67. The number of hydrogen-bond donors (Lipinski definition) is 2. The van der Waals surface area contributed by atoms with Crippen molar-refractivity contribution >= 4 is 17.7 Å². The molecule has 4 heteroatoms. The molecule has 3 nitrogen and oxygen atoms in total. The molecule has 1 rings (SSSR count). The van der Waals surface area contributed by atoms with Gasteiger partial charge in [-0.05, 0) is 24.4 Å². The van der Waals surface area contributed by atoms with Gasteiger partial charge in [-0.15, -0.1) is 11.8 Å². The van der Waals surface area contributed by atoms with E-state index >= 15 is 0 Å². The predicted molar refractivity (Wildman–Crippen MR) is 46.8 cm³/mol. The Morgan fingerprint density at radius 1 is 1.67 bits per heavy atom. The van der Waals surface area contributed by atoms with E-state index in [9.17, 15) is 9.90 Å². The third kappa shape index (κ3) is 1.71. The first-order valence-electron chi connectivity index (χ1n) is 4.55. The van der Waals surface area contributed by atoms with Crippen LogP contribution in [0.15, 0.2) is 23.1 Å². The van der Waals surface area contributed by atoms with E-state index in [1.54, 1.807) is 0 Å². The van der Waals surface area contributed by atoms with Crippen molar-refractivity contribution in [1.82, 2.24) is 0 Å². The van der Waals surface area contributed by atoms with E-state index in [0.29, 0.717) is 11.8 Å². The fourth-order valence-corrected chi connectivity index (χ4v) is 1.06. The summed E-state index contributed by atoms with van der Waals surface area (Å²) in [4.78, 5) is 10.9. The molecule has 0 aliphatic carbocycles. The van der Waals surface area contributed by atoms with Gasteiger partial charge in [0.2, 0.25) is 0 Å². The maximum atomic E-state index is 10.6. The topological polar surface area (TPSA) is 57.5 Å². The molecule has 0 saturated carbocycles. The third-order valence-electron chi connectivity index (χ3n) is 1.32. The number of carboxylic acid groups (broad SMARTS) is 1. The number of carboxylic acids is 1. The lowest BCUT2D eigenvalue weighted by Gasteiger charge is -2.00. The molecule has 0 bridgehead atoms. The number of benzene rings is 1. The maximum Gasteiger partial charge on any atom is 0.339 e. The van der Waals surface area contributed by atoms with E-state index in [4.69, 9.17) is 9.22 Å². The SMILES string of the molecule is [2H]C([2H])([2H])Sc1ccc(O)c(C(=O)O)c1. The number of rotatable bonds is 2. The van der Waals surface area contributed by atoms with Gasteiger partial charge < -0.3 is 10.2 Å². The van der Waals surface area contributed by atoms with E-state index in [1.165, 1.54) is 6.07 Å². The average Bonchev–Trinajstić information content (AvgIpc) is 2.05. The average molecular weight is 187 g/mol. The molecule has 0 spiro atoms. The van der Waals surface area contributed by atoms with Gasteiger partial charge in [0.15, 0.2) is 0 Å². The molecule has 2 N–H and O–H groups in total. The zero-order chi connectivity index (χ0) is 11.6. The molecule has 1 aromatic carbocycles. The number of aromatic carboxylic acids is 1. The van der Waals surface area contributed by atoms with Crippen LogP contribution in [-0.2, 0) is 0 Å². The standard InChI is InChI=1S/C8H8O3S/c1-12-5-2-3-7(9)6(4-5)8(10)11/h2-4,9H,1H3,(H,10,11)/i1D3. The number of carbonyl (C=O) groups is 1. The second-order valence-electron chi connectivity index (χ2n) is 2.09. The van der Waals surface area contributed by atoms with E-state index < -0.39 is 12.2 Å². The fraction of sp³-hybridized carbons (Fsp3) is 0.125. The molecule has 0 amide bonds. The second kappa shape index (κ2) is 3.49. The van der Waals surface area contributed by atoms with Crippen LogP contribution < -0.4 is 0 Å². The molecule has 0 unspecified atom stereocenters. The molecule has 0 fully saturated rings. The van der Waals surface area contributed by atoms with Gasteiger partial charge in [-0.1, -0.05) is 0 Å². The van der Waals surface area contributed by atoms with Gasteiger partial charge in [-0.25, -0.2) is 4.79 Å². The highest BCUT2D eigenvalue weighted by Gasteiger charge is 2.09. The Bertz CT molecular complexity index is 389. The summed E-state index contributed by atoms with van der Waals surface area (Å²) in [6.45, 7) is 0. The summed E-state index contributed by atoms with van der Waals surface area (Å²) < 4.78 is 21.0. The Labute approximate surface area is 78.2 Å². The van der Waals surface area contributed by atoms with Gasteiger partial charge in [0, 0.05) is 9.01 Å². The van der Waals surface area contributed by atoms with E-state index in [1.807, 2.05) is 0 Å². The van der Waals surface area contributed by atoms with Crippen molar-refractivity contribution in [2.45, 2.75) is 4.90 Å². The van der Waals surface area contributed by atoms with Crippen LogP contribution in [0.2, 0.25) is 0 Å². The van der Waals surface area contributed by atoms with Crippen molar-refractivity contribution in [1.29, 1.82) is 0 Å². The Morgan fingerprint density at radius 3 is 3.00 bits per heavy atom. The highest BCUT2D eigenvalue weighted by Crippen LogP contribution is 2.23. The van der Waals surface area contributed by atoms with Crippen molar-refractivity contribution in [2.75, 3.05) is 6.18 Å². The Kier molecular flexibility index (Phi) is 1.59. The minimum Gasteiger partial charge on any atom is -0.507 e. The van der Waals surface area contributed by atoms with Crippen LogP contribution in [0.4, 0.5) is 0 Å². The van der Waals surface area contributed by atoms with Crippen molar-refractivity contribution in [3.8, 4) is 5.75 Å². The number of aromatic hydroxyl groups is 1. The highest BCUT2D eigenvalue weighted by atomic mass is 32.2. The number of phenols is 1. The Morgan fingerprint density at radius 2 is 2.42 bits per heavy atom. The zero-order valence-electron chi connectivity index (χ0n) is 8.94. The fourth-order valence-electron chi connectivity index (χ4n) is 0.750. The zero-order valence-corrected chi connectivity index (χ0v) is 6.76. The second-order valence-corrected chi connectivity index (χ2v) is 2.76. The van der Waals surface area contributed by atoms with Crippen molar-refractivity contribution < 1.29 is 19.1 Å². The maximum absolute atomic E-state index is 10.6. The molecule has 0 saturated heterocycles. The van der Waals surface area contributed by atoms with Crippen molar-refractivity contribution in [3.63, 3.8) is 0 Å². The van der Waals surface area contributed by atoms with E-state index in [-0.39, 0.29) is 16.2 Å². The van der Waals surface area contributed by atoms with Crippen LogP contribution in [0.25, 0.3) is 0 Å². The molecule has 0 heterocycles. The van der Waals surface area contributed by atoms with E-state index in [2.05, 4.69) is 0 Å². The van der Waals surface area contributed by atoms with Crippen LogP contribution >= 0.6 is 11.8 Å². The summed E-state index contributed by atoms with van der Waals surface area (Å²) in [6, 6.07) is 3.66. The lowest BCUT2D eigenvalue weighted by atomic mass is 10.2. The first kappa shape index (κ1) is 5.48. The molecule has 0 atom stereocenters. The number of thioether (sulfide) groups is 1. The molecule has 64 valence electrons. The Balaban J connectivity index is 3.03. The minimum absolute atomic E-state index is 0.283. The van der Waals surface area contributed by atoms with Gasteiger partial charge in [0.05, 0.1) is 0 Å². The molecule has 0 aromatic heterocycles. The van der Waals surface area contributed by atoms with Crippen LogP contribution in [0, 0.1) is 0 Å². The molecular formula is C8H8O3S. The summed E-state index contributed by atoms with van der Waals surface area (Å²) >= 11 is 0.567. The molecular weight excluding hydrogens is 176 g/mol. The van der Waals surface area contributed by atoms with Crippen LogP contribution in [0.5, 0.6) is 5.75 Å². The first-order chi connectivity index (χ1) is 6.79. The molecule has 0 aliphatic rings. The van der Waals surface area contributed by atoms with Gasteiger partial charge in [0.25, 0.3) is 0 Å². The predicted octanol–water partition coefficient (Wildman–Crippen LogP) is 1.81. The van der Waals surface area contributed by atoms with Crippen molar-refractivity contribution in [2.24, 2.45) is 0 Å². The molecule has 1 aromatic rings. The number of hydrogen-bond acceptors (Lipinski definition) is 3. The largest absolute Gasteiger partial charge is 0.507 e. The third-order valence-corrected chi connectivity index (χ3v) is 1.81. The Hall–Kier alpha value is -1.16. The molecule has 0 aliphatic heterocycles. The van der Waals surface area contributed by atoms with Gasteiger partial charge in [-0.2, -0.15) is 0 Å². The lowest BCUT2D eigenvalue weighted by molar-refractivity contribution is 0.0693. The van der Waals surface area contributed by atoms with Crippen molar-refractivity contribution in [3.05, 3.63) is 23.8 Å². The van der Waals surface area contributed by atoms with Crippen LogP contribution in [-0.4, -0.2) is 22.4 Å². The van der Waals surface area contributed by atoms with Gasteiger partial charge in [0.1, 0.15) is 11.3 Å². The van der Waals surface area contributed by atoms with Gasteiger partial charge >= 0.3 is 5.97 Å². The van der Waals surface area contributed by atoms with E-state index in [0.717, 1.165) is 12.1 Å². The first-order valence-corrected chi connectivity index (χ1v) is 3.86. The van der Waals surface area contributed by atoms with Crippen LogP contribution in [0.3, 0.4) is 0 Å². The van der Waals surface area contributed by atoms with Crippen LogP contribution in [0.1, 0.15) is 14.5 Å². The quantitative estimate of drug-likeness (QED) is 0.693. The summed E-state index contributed by atoms with van der Waals surface area (Å²) in [5, 5.41) is 17.9. The summed E-state index contributed by atoms with van der Waals surface area (Å²) in [6.07, 6.45) is -2.23. The summed E-state index contributed by atoms with van der Waals surface area (Å²) in [5.41, 5.74) is -0.302. The summed E-state index contributed by atoms with van der Waals surface area (Å²) in [7, 11) is 0. The lowest BCUT2D eigenvalue weighted by Crippen LogP contribution is -1.96. The monoisotopic (exact) mass is 187 g/mol. The van der Waals surface area contributed by atoms with Gasteiger partial charge in [-0.3, -0.25) is 0 Å². The smallest absolute Gasteiger partial charge is 0.339 e. The minimum atomic E-state index is -2.23.